The zero-order valence-corrected chi connectivity index (χ0v) is 20.5. The highest BCUT2D eigenvalue weighted by Crippen LogP contribution is 2.35. The van der Waals surface area contributed by atoms with E-state index >= 15 is 0 Å². The molecule has 34 heavy (non-hydrogen) atoms. The zero-order valence-electron chi connectivity index (χ0n) is 20.5. The van der Waals surface area contributed by atoms with Crippen LogP contribution < -0.4 is 14.8 Å². The fourth-order valence-corrected chi connectivity index (χ4v) is 3.51. The first kappa shape index (κ1) is 25.2. The van der Waals surface area contributed by atoms with E-state index in [9.17, 15) is 9.59 Å². The summed E-state index contributed by atoms with van der Waals surface area (Å²) in [5, 5.41) is 2.66. The molecule has 1 heterocycles. The van der Waals surface area contributed by atoms with Gasteiger partial charge in [0.2, 0.25) is 0 Å². The quantitative estimate of drug-likeness (QED) is 0.591. The molecule has 0 spiro atoms. The topological polar surface area (TPSA) is 86.3 Å². The Kier molecular flexibility index (Phi) is 8.26. The van der Waals surface area contributed by atoms with Gasteiger partial charge in [-0.05, 0) is 56.9 Å². The lowest BCUT2D eigenvalue weighted by atomic mass is 10.0. The van der Waals surface area contributed by atoms with Crippen molar-refractivity contribution in [2.45, 2.75) is 65.1 Å². The predicted octanol–water partition coefficient (Wildman–Crippen LogP) is 4.90. The summed E-state index contributed by atoms with van der Waals surface area (Å²) in [7, 11) is 1.76. The van der Waals surface area contributed by atoms with Gasteiger partial charge in [0.15, 0.2) is 11.5 Å². The zero-order chi connectivity index (χ0) is 24.7. The van der Waals surface area contributed by atoms with E-state index in [-0.39, 0.29) is 25.3 Å². The van der Waals surface area contributed by atoms with Crippen LogP contribution in [0.5, 0.6) is 11.5 Å². The van der Waals surface area contributed by atoms with Crippen molar-refractivity contribution in [3.63, 3.8) is 0 Å². The Labute approximate surface area is 201 Å². The maximum Gasteiger partial charge on any atom is 0.410 e. The molecule has 2 unspecified atom stereocenters. The number of benzene rings is 2. The Morgan fingerprint density at radius 1 is 1.06 bits per heavy atom. The number of rotatable bonds is 8. The van der Waals surface area contributed by atoms with Gasteiger partial charge in [-0.1, -0.05) is 43.3 Å². The van der Waals surface area contributed by atoms with Gasteiger partial charge in [0, 0.05) is 13.1 Å². The first-order valence-corrected chi connectivity index (χ1v) is 11.5. The molecule has 0 radical (unpaired) electrons. The van der Waals surface area contributed by atoms with Crippen LogP contribution in [0.15, 0.2) is 48.5 Å². The summed E-state index contributed by atoms with van der Waals surface area (Å²) in [5.74, 6) is 1.22. The summed E-state index contributed by atoms with van der Waals surface area (Å²) < 4.78 is 22.3. The third-order valence-corrected chi connectivity index (χ3v) is 5.32. The summed E-state index contributed by atoms with van der Waals surface area (Å²) in [4.78, 5) is 26.1. The Morgan fingerprint density at radius 2 is 1.76 bits per heavy atom. The molecule has 8 nitrogen and oxygen atoms in total. The van der Waals surface area contributed by atoms with Crippen molar-refractivity contribution >= 4 is 12.2 Å². The first-order valence-electron chi connectivity index (χ1n) is 11.5. The van der Waals surface area contributed by atoms with Crippen molar-refractivity contribution in [3.05, 3.63) is 59.7 Å². The molecule has 0 bridgehead atoms. The van der Waals surface area contributed by atoms with Gasteiger partial charge in [-0.3, -0.25) is 0 Å². The number of alkyl carbamates (subject to hydrolysis) is 1. The average molecular weight is 471 g/mol. The minimum Gasteiger partial charge on any atom is -0.449 e. The fourth-order valence-electron chi connectivity index (χ4n) is 3.51. The van der Waals surface area contributed by atoms with Crippen LogP contribution in [0.25, 0.3) is 0 Å². The van der Waals surface area contributed by atoms with E-state index in [1.807, 2.05) is 76.2 Å². The van der Waals surface area contributed by atoms with Gasteiger partial charge in [-0.15, -0.1) is 0 Å². The van der Waals surface area contributed by atoms with Crippen LogP contribution in [0, 0.1) is 0 Å². The van der Waals surface area contributed by atoms with E-state index in [0.29, 0.717) is 17.9 Å². The van der Waals surface area contributed by atoms with Crippen LogP contribution in [0.1, 0.15) is 45.2 Å². The fraction of sp³-hybridized carbons (Fsp3) is 0.462. The second-order valence-electron chi connectivity index (χ2n) is 9.25. The predicted molar refractivity (Wildman–Crippen MR) is 128 cm³/mol. The molecule has 1 aliphatic heterocycles. The van der Waals surface area contributed by atoms with E-state index in [0.717, 1.165) is 17.5 Å². The molecule has 184 valence electrons. The standard InChI is InChI=1S/C26H34N2O6/c1-6-20(28(5)25(30)34-26(2,3)4)14-19-12-13-21-22(15-19)33-23(32-21)16-27-24(29)31-17-18-10-8-7-9-11-18/h7-13,15,20,23H,6,14,16-17H2,1-5H3,(H,27,29). The van der Waals surface area contributed by atoms with Gasteiger partial charge >= 0.3 is 12.2 Å². The Balaban J connectivity index is 1.49. The second-order valence-corrected chi connectivity index (χ2v) is 9.25. The van der Waals surface area contributed by atoms with Gasteiger partial charge in [-0.25, -0.2) is 9.59 Å². The molecule has 3 rings (SSSR count). The van der Waals surface area contributed by atoms with E-state index in [4.69, 9.17) is 18.9 Å². The Hall–Kier alpha value is -3.42. The number of fused-ring (bicyclic) bond motifs is 1. The molecule has 1 N–H and O–H groups in total. The SMILES string of the molecule is CCC(Cc1ccc2c(c1)OC(CNC(=O)OCc1ccccc1)O2)N(C)C(=O)OC(C)(C)C. The largest absolute Gasteiger partial charge is 0.449 e. The molecule has 2 aromatic rings. The lowest BCUT2D eigenvalue weighted by Gasteiger charge is -2.30. The molecule has 0 saturated heterocycles. The number of likely N-dealkylation sites (N-methyl/N-ethyl adjacent to an activating group) is 1. The minimum absolute atomic E-state index is 0.0212. The Bertz CT molecular complexity index is 973. The molecular formula is C26H34N2O6. The number of hydrogen-bond donors (Lipinski definition) is 1. The third kappa shape index (κ3) is 7.30. The number of nitrogens with zero attached hydrogens (tertiary/aromatic N) is 1. The highest BCUT2D eigenvalue weighted by molar-refractivity contribution is 5.68. The first-order chi connectivity index (χ1) is 16.1. The summed E-state index contributed by atoms with van der Waals surface area (Å²) in [6, 6.07) is 15.2. The van der Waals surface area contributed by atoms with Gasteiger partial charge in [-0.2, -0.15) is 0 Å². The van der Waals surface area contributed by atoms with E-state index in [1.165, 1.54) is 0 Å². The highest BCUT2D eigenvalue weighted by atomic mass is 16.7. The number of ether oxygens (including phenoxy) is 4. The monoisotopic (exact) mass is 470 g/mol. The average Bonchev–Trinajstić information content (AvgIpc) is 3.21. The summed E-state index contributed by atoms with van der Waals surface area (Å²) in [6.07, 6.45) is -0.0885. The summed E-state index contributed by atoms with van der Waals surface area (Å²) in [5.41, 5.74) is 1.38. The van der Waals surface area contributed by atoms with Gasteiger partial charge < -0.3 is 29.2 Å². The van der Waals surface area contributed by atoms with Crippen LogP contribution in [0.3, 0.4) is 0 Å². The third-order valence-electron chi connectivity index (χ3n) is 5.32. The second kappa shape index (κ2) is 11.1. The smallest absolute Gasteiger partial charge is 0.410 e. The summed E-state index contributed by atoms with van der Waals surface area (Å²) in [6.45, 7) is 7.94. The van der Waals surface area contributed by atoms with Gasteiger partial charge in [0.1, 0.15) is 12.2 Å². The maximum absolute atomic E-state index is 12.4. The van der Waals surface area contributed by atoms with Crippen molar-refractivity contribution in [2.75, 3.05) is 13.6 Å². The molecule has 2 amide bonds. The van der Waals surface area contributed by atoms with Crippen LogP contribution in [0.4, 0.5) is 9.59 Å². The maximum atomic E-state index is 12.4. The van der Waals surface area contributed by atoms with Crippen molar-refractivity contribution < 1.29 is 28.5 Å². The molecule has 8 heteroatoms. The van der Waals surface area contributed by atoms with Crippen molar-refractivity contribution in [1.29, 1.82) is 0 Å². The molecule has 2 atom stereocenters. The number of amides is 2. The molecule has 0 aromatic heterocycles. The van der Waals surface area contributed by atoms with Crippen LogP contribution >= 0.6 is 0 Å². The lowest BCUT2D eigenvalue weighted by Crippen LogP contribution is -2.41. The van der Waals surface area contributed by atoms with Crippen molar-refractivity contribution in [1.82, 2.24) is 10.2 Å². The lowest BCUT2D eigenvalue weighted by molar-refractivity contribution is 0.0218. The molecule has 1 aliphatic rings. The van der Waals surface area contributed by atoms with E-state index < -0.39 is 18.0 Å². The van der Waals surface area contributed by atoms with Gasteiger partial charge in [0.25, 0.3) is 6.29 Å². The molecular weight excluding hydrogens is 436 g/mol. The van der Waals surface area contributed by atoms with E-state index in [1.54, 1.807) is 11.9 Å². The number of carbonyl (C=O) groups is 2. The summed E-state index contributed by atoms with van der Waals surface area (Å²) >= 11 is 0. The number of hydrogen-bond acceptors (Lipinski definition) is 6. The number of nitrogens with one attached hydrogen (secondary N) is 1. The van der Waals surface area contributed by atoms with Crippen LogP contribution in [0.2, 0.25) is 0 Å². The minimum atomic E-state index is -0.638. The van der Waals surface area contributed by atoms with Crippen LogP contribution in [-0.2, 0) is 22.5 Å². The molecule has 2 aromatic carbocycles. The highest BCUT2D eigenvalue weighted by Gasteiger charge is 2.27. The van der Waals surface area contributed by atoms with Crippen molar-refractivity contribution in [2.24, 2.45) is 0 Å². The van der Waals surface area contributed by atoms with Gasteiger partial charge in [0.05, 0.1) is 6.54 Å². The van der Waals surface area contributed by atoms with Crippen LogP contribution in [-0.4, -0.2) is 48.6 Å². The molecule has 0 aliphatic carbocycles. The Morgan fingerprint density at radius 3 is 2.44 bits per heavy atom. The van der Waals surface area contributed by atoms with Crippen molar-refractivity contribution in [3.8, 4) is 11.5 Å². The number of carbonyl (C=O) groups excluding carboxylic acids is 2. The van der Waals surface area contributed by atoms with E-state index in [2.05, 4.69) is 5.32 Å². The molecule has 0 saturated carbocycles. The normalized spacial score (nSPS) is 15.4. The molecule has 0 fully saturated rings.